The number of epoxide rings is 1. The maximum absolute atomic E-state index is 11.3. The number of aromatic nitrogens is 1. The molecule has 1 amide bonds. The van der Waals surface area contributed by atoms with E-state index in [1.165, 1.54) is 0 Å². The van der Waals surface area contributed by atoms with Gasteiger partial charge in [-0.05, 0) is 24.3 Å². The minimum atomic E-state index is -0.657. The molecule has 8 nitrogen and oxygen atoms in total. The van der Waals surface area contributed by atoms with Crippen LogP contribution in [0.4, 0.5) is 10.6 Å². The number of hydrogen-bond donors (Lipinski definition) is 2. The first kappa shape index (κ1) is 14.3. The second kappa shape index (κ2) is 4.87. The zero-order valence-corrected chi connectivity index (χ0v) is 13.4. The Kier molecular flexibility index (Phi) is 2.68. The normalized spacial score (nSPS) is 32.3. The maximum Gasteiger partial charge on any atom is 0.413 e. The summed E-state index contributed by atoms with van der Waals surface area (Å²) in [6.07, 6.45) is 0.368. The number of carbonyl (C=O) groups excluding carboxylic acids is 1. The second-order valence-electron chi connectivity index (χ2n) is 6.82. The fourth-order valence-corrected chi connectivity index (χ4v) is 3.95. The van der Waals surface area contributed by atoms with Crippen molar-refractivity contribution in [2.45, 2.75) is 31.0 Å². The molecule has 5 atom stereocenters. The monoisotopic (exact) mass is 354 g/mol. The number of hydrogen-bond acceptors (Lipinski definition) is 7. The van der Waals surface area contributed by atoms with E-state index in [1.807, 2.05) is 18.2 Å². The van der Waals surface area contributed by atoms with Crippen molar-refractivity contribution >= 4 is 11.9 Å². The summed E-state index contributed by atoms with van der Waals surface area (Å²) in [5.74, 6) is 3.01. The molecule has 0 radical (unpaired) electrons. The number of pyridine rings is 1. The molecule has 1 saturated heterocycles. The Balaban J connectivity index is 1.28. The van der Waals surface area contributed by atoms with Gasteiger partial charge in [0.2, 0.25) is 0 Å². The Labute approximate surface area is 147 Å². The molecule has 4 aliphatic rings. The lowest BCUT2D eigenvalue weighted by molar-refractivity contribution is 0.150. The van der Waals surface area contributed by atoms with E-state index in [4.69, 9.17) is 18.9 Å². The molecule has 2 aromatic rings. The number of aliphatic hydroxyl groups is 1. The average Bonchev–Trinajstić information content (AvgIpc) is 3.49. The van der Waals surface area contributed by atoms with Gasteiger partial charge in [-0.15, -0.1) is 0 Å². The Bertz CT molecular complexity index is 947. The Morgan fingerprint density at radius 3 is 3.00 bits per heavy atom. The van der Waals surface area contributed by atoms with Crippen molar-refractivity contribution in [2.75, 3.05) is 5.32 Å². The Morgan fingerprint density at radius 2 is 2.15 bits per heavy atom. The van der Waals surface area contributed by atoms with Gasteiger partial charge in [-0.3, -0.25) is 5.32 Å². The van der Waals surface area contributed by atoms with Gasteiger partial charge in [-0.1, -0.05) is 0 Å². The Morgan fingerprint density at radius 1 is 1.27 bits per heavy atom. The molecule has 2 N–H and O–H groups in total. The van der Waals surface area contributed by atoms with Gasteiger partial charge in [-0.2, -0.15) is 0 Å². The number of benzene rings is 1. The summed E-state index contributed by atoms with van der Waals surface area (Å²) in [5, 5.41) is 12.0. The van der Waals surface area contributed by atoms with E-state index in [-0.39, 0.29) is 30.7 Å². The third-order valence-corrected chi connectivity index (χ3v) is 5.30. The molecule has 132 valence electrons. The standard InChI is InChI=1S/C18H14N2O6/c21-17-15(26-17)13-12-8-5-7(1-2-10(8)25-14(12)13)24-11-3-4-19-16-9(11)6-23-18(22)20-16/h1-5,12-15,17,21H,6H2,(H,19,20,22)/t12-,13-,14-,15?,17?/m0/s1. The van der Waals surface area contributed by atoms with E-state index >= 15 is 0 Å². The zero-order chi connectivity index (χ0) is 17.4. The van der Waals surface area contributed by atoms with E-state index in [9.17, 15) is 9.90 Å². The predicted molar refractivity (Wildman–Crippen MR) is 86.1 cm³/mol. The number of aliphatic hydroxyl groups excluding tert-OH is 1. The summed E-state index contributed by atoms with van der Waals surface area (Å²) < 4.78 is 22.1. The van der Waals surface area contributed by atoms with Crippen molar-refractivity contribution in [1.29, 1.82) is 0 Å². The quantitative estimate of drug-likeness (QED) is 0.814. The van der Waals surface area contributed by atoms with Gasteiger partial charge in [0.05, 0.1) is 5.56 Å². The SMILES string of the molecule is O=C1Nc2nccc(Oc3ccc4c(c3)[C@@H]3[C@H](O4)[C@H]3C3OC3O)c2CO1. The number of fused-ring (bicyclic) bond motifs is 4. The van der Waals surface area contributed by atoms with Gasteiger partial charge in [0, 0.05) is 23.6 Å². The highest BCUT2D eigenvalue weighted by atomic mass is 16.7. The molecule has 2 unspecified atom stereocenters. The highest BCUT2D eigenvalue weighted by Gasteiger charge is 2.68. The molecule has 0 spiro atoms. The lowest BCUT2D eigenvalue weighted by atomic mass is 10.1. The van der Waals surface area contributed by atoms with Crippen LogP contribution in [-0.4, -0.2) is 34.7 Å². The highest BCUT2D eigenvalue weighted by Crippen LogP contribution is 2.63. The minimum Gasteiger partial charge on any atom is -0.489 e. The van der Waals surface area contributed by atoms with Gasteiger partial charge in [0.25, 0.3) is 0 Å². The first-order valence-corrected chi connectivity index (χ1v) is 8.43. The molecule has 4 heterocycles. The third-order valence-electron chi connectivity index (χ3n) is 5.30. The van der Waals surface area contributed by atoms with Crippen LogP contribution in [0.3, 0.4) is 0 Å². The van der Waals surface area contributed by atoms with E-state index < -0.39 is 12.4 Å². The van der Waals surface area contributed by atoms with Crippen molar-refractivity contribution < 1.29 is 28.8 Å². The molecule has 0 bridgehead atoms. The van der Waals surface area contributed by atoms with E-state index in [2.05, 4.69) is 10.3 Å². The van der Waals surface area contributed by atoms with Gasteiger partial charge >= 0.3 is 6.09 Å². The van der Waals surface area contributed by atoms with Crippen LogP contribution in [0.5, 0.6) is 17.2 Å². The topological polar surface area (TPSA) is 102 Å². The number of anilines is 1. The van der Waals surface area contributed by atoms with E-state index in [0.29, 0.717) is 22.9 Å². The minimum absolute atomic E-state index is 0.0831. The first-order valence-electron chi connectivity index (χ1n) is 8.43. The zero-order valence-electron chi connectivity index (χ0n) is 13.4. The lowest BCUT2D eigenvalue weighted by Crippen LogP contribution is -2.21. The fourth-order valence-electron chi connectivity index (χ4n) is 3.95. The summed E-state index contributed by atoms with van der Waals surface area (Å²) >= 11 is 0. The molecule has 1 saturated carbocycles. The molecule has 1 aliphatic carbocycles. The van der Waals surface area contributed by atoms with Crippen molar-refractivity contribution in [2.24, 2.45) is 5.92 Å². The predicted octanol–water partition coefficient (Wildman–Crippen LogP) is 2.13. The van der Waals surface area contributed by atoms with Crippen LogP contribution in [0.15, 0.2) is 30.5 Å². The van der Waals surface area contributed by atoms with Crippen LogP contribution < -0.4 is 14.8 Å². The molecule has 26 heavy (non-hydrogen) atoms. The van der Waals surface area contributed by atoms with Crippen LogP contribution in [0.1, 0.15) is 17.0 Å². The van der Waals surface area contributed by atoms with Gasteiger partial charge in [-0.25, -0.2) is 9.78 Å². The molecular weight excluding hydrogens is 340 g/mol. The largest absolute Gasteiger partial charge is 0.489 e. The Hall–Kier alpha value is -2.84. The summed E-state index contributed by atoms with van der Waals surface area (Å²) in [5.41, 5.74) is 1.77. The summed E-state index contributed by atoms with van der Waals surface area (Å²) in [4.78, 5) is 15.5. The average molecular weight is 354 g/mol. The van der Waals surface area contributed by atoms with Crippen molar-refractivity contribution in [3.8, 4) is 17.2 Å². The van der Waals surface area contributed by atoms with E-state index in [0.717, 1.165) is 11.3 Å². The number of ether oxygens (including phenoxy) is 4. The van der Waals surface area contributed by atoms with Crippen LogP contribution in [0, 0.1) is 5.92 Å². The van der Waals surface area contributed by atoms with Crippen LogP contribution in [0.25, 0.3) is 0 Å². The molecule has 3 aliphatic heterocycles. The molecule has 1 aromatic heterocycles. The lowest BCUT2D eigenvalue weighted by Gasteiger charge is -2.19. The number of nitrogens with one attached hydrogen (secondary N) is 1. The first-order chi connectivity index (χ1) is 12.7. The van der Waals surface area contributed by atoms with Crippen LogP contribution in [0.2, 0.25) is 0 Å². The summed E-state index contributed by atoms with van der Waals surface area (Å²) in [7, 11) is 0. The molecule has 8 heteroatoms. The smallest absolute Gasteiger partial charge is 0.413 e. The number of carbonyl (C=O) groups is 1. The maximum atomic E-state index is 11.3. The van der Waals surface area contributed by atoms with E-state index in [1.54, 1.807) is 12.3 Å². The summed E-state index contributed by atoms with van der Waals surface area (Å²) in [6.45, 7) is 0.113. The van der Waals surface area contributed by atoms with Gasteiger partial charge in [0.1, 0.15) is 41.9 Å². The van der Waals surface area contributed by atoms with Crippen LogP contribution in [-0.2, 0) is 16.1 Å². The molecule has 1 aromatic carbocycles. The van der Waals surface area contributed by atoms with Crippen molar-refractivity contribution in [1.82, 2.24) is 4.98 Å². The third kappa shape index (κ3) is 2.03. The summed E-state index contributed by atoms with van der Waals surface area (Å²) in [6, 6.07) is 7.44. The van der Waals surface area contributed by atoms with Crippen LogP contribution >= 0.6 is 0 Å². The number of cyclic esters (lactones) is 1. The van der Waals surface area contributed by atoms with Gasteiger partial charge < -0.3 is 24.1 Å². The molecule has 6 rings (SSSR count). The van der Waals surface area contributed by atoms with Crippen molar-refractivity contribution in [3.63, 3.8) is 0 Å². The molecular formula is C18H14N2O6. The second-order valence-corrected chi connectivity index (χ2v) is 6.82. The van der Waals surface area contributed by atoms with Gasteiger partial charge in [0.15, 0.2) is 6.29 Å². The number of nitrogens with zero attached hydrogens (tertiary/aromatic N) is 1. The number of amides is 1. The number of rotatable bonds is 3. The highest BCUT2D eigenvalue weighted by molar-refractivity contribution is 5.86. The van der Waals surface area contributed by atoms with Crippen molar-refractivity contribution in [3.05, 3.63) is 41.6 Å². The fraction of sp³-hybridized carbons (Fsp3) is 0.333. The molecule has 2 fully saturated rings.